The van der Waals surface area contributed by atoms with Crippen molar-refractivity contribution in [3.05, 3.63) is 126 Å². The second-order valence-corrected chi connectivity index (χ2v) is 10.2. The first-order chi connectivity index (χ1) is 17.7. The molecule has 8 rings (SSSR count). The second kappa shape index (κ2) is 6.91. The molecule has 5 heteroatoms. The highest BCUT2D eigenvalue weighted by Crippen LogP contribution is 2.76. The van der Waals surface area contributed by atoms with Gasteiger partial charge in [0.1, 0.15) is 12.4 Å². The summed E-state index contributed by atoms with van der Waals surface area (Å²) in [5, 5.41) is 0. The van der Waals surface area contributed by atoms with Gasteiger partial charge in [0.25, 0.3) is 0 Å². The topological polar surface area (TPSA) is 50.5 Å². The molecule has 1 spiro atoms. The lowest BCUT2D eigenvalue weighted by Gasteiger charge is -2.57. The molecule has 174 valence electrons. The van der Waals surface area contributed by atoms with Gasteiger partial charge in [-0.1, -0.05) is 60.7 Å². The summed E-state index contributed by atoms with van der Waals surface area (Å²) in [6.45, 7) is 0.466. The summed E-state index contributed by atoms with van der Waals surface area (Å²) in [4.78, 5) is 29.1. The van der Waals surface area contributed by atoms with E-state index in [1.165, 1.54) is 16.0 Å². The summed E-state index contributed by atoms with van der Waals surface area (Å²) in [7, 11) is 0. The lowest BCUT2D eigenvalue weighted by molar-refractivity contribution is -0.717. The minimum atomic E-state index is -0.330. The average Bonchev–Trinajstić information content (AvgIpc) is 3.23. The highest BCUT2D eigenvalue weighted by molar-refractivity contribution is 6.24. The van der Waals surface area contributed by atoms with Crippen molar-refractivity contribution in [3.8, 4) is 5.75 Å². The molecule has 2 aliphatic heterocycles. The number of aromatic nitrogens is 1. The smallest absolute Gasteiger partial charge is 0.238 e. The Labute approximate surface area is 208 Å². The zero-order valence-corrected chi connectivity index (χ0v) is 19.5. The van der Waals surface area contributed by atoms with E-state index in [0.29, 0.717) is 18.0 Å². The number of fused-ring (bicyclic) bond motifs is 7. The number of pyridine rings is 1. The maximum absolute atomic E-state index is 13.9. The molecule has 5 unspecified atom stereocenters. The van der Waals surface area contributed by atoms with Crippen molar-refractivity contribution >= 4 is 17.5 Å². The van der Waals surface area contributed by atoms with Crippen LogP contribution in [-0.4, -0.2) is 11.8 Å². The molecule has 3 aromatic carbocycles. The van der Waals surface area contributed by atoms with Gasteiger partial charge >= 0.3 is 0 Å². The predicted octanol–water partition coefficient (Wildman–Crippen LogP) is 4.31. The minimum Gasteiger partial charge on any atom is -0.489 e. The van der Waals surface area contributed by atoms with Gasteiger partial charge in [-0.15, -0.1) is 0 Å². The van der Waals surface area contributed by atoms with Crippen molar-refractivity contribution in [1.29, 1.82) is 0 Å². The van der Waals surface area contributed by atoms with E-state index >= 15 is 0 Å². The highest BCUT2D eigenvalue weighted by Gasteiger charge is 2.86. The van der Waals surface area contributed by atoms with Gasteiger partial charge in [-0.25, -0.2) is 4.90 Å². The second-order valence-electron chi connectivity index (χ2n) is 10.2. The lowest BCUT2D eigenvalue weighted by Crippen LogP contribution is -2.66. The number of imide groups is 1. The Kier molecular flexibility index (Phi) is 3.84. The molecule has 5 atom stereocenters. The fourth-order valence-electron chi connectivity index (χ4n) is 7.50. The van der Waals surface area contributed by atoms with Crippen LogP contribution in [0.25, 0.3) is 0 Å². The molecule has 36 heavy (non-hydrogen) atoms. The Morgan fingerprint density at radius 2 is 1.53 bits per heavy atom. The SMILES string of the molecule is O=C1C2C(C(=O)N1c1ccc(OCc3ccccc3)cc1)C13c4ccccc4C1[n+]1ccccc1C23. The number of carbonyl (C=O) groups is 2. The van der Waals surface area contributed by atoms with Gasteiger partial charge in [0.2, 0.25) is 11.8 Å². The van der Waals surface area contributed by atoms with Crippen LogP contribution in [0.3, 0.4) is 0 Å². The Morgan fingerprint density at radius 1 is 0.778 bits per heavy atom. The molecule has 0 N–H and O–H groups in total. The fraction of sp³-hybridized carbons (Fsp3) is 0.194. The van der Waals surface area contributed by atoms with Crippen LogP contribution >= 0.6 is 0 Å². The van der Waals surface area contributed by atoms with E-state index in [1.54, 1.807) is 0 Å². The molecule has 4 aliphatic rings. The van der Waals surface area contributed by atoms with Crippen molar-refractivity contribution in [3.63, 3.8) is 0 Å². The van der Waals surface area contributed by atoms with Gasteiger partial charge in [-0.3, -0.25) is 9.59 Å². The zero-order chi connectivity index (χ0) is 24.0. The van der Waals surface area contributed by atoms with Crippen molar-refractivity contribution in [2.24, 2.45) is 11.8 Å². The molecule has 2 aliphatic carbocycles. The van der Waals surface area contributed by atoms with E-state index in [4.69, 9.17) is 4.74 Å². The molecule has 1 saturated carbocycles. The Bertz CT molecular complexity index is 1560. The first kappa shape index (κ1) is 20.0. The number of ether oxygens (including phenoxy) is 1. The maximum Gasteiger partial charge on any atom is 0.238 e. The third kappa shape index (κ3) is 2.24. The maximum atomic E-state index is 13.9. The summed E-state index contributed by atoms with van der Waals surface area (Å²) in [5.41, 5.74) is 5.05. The average molecular weight is 472 g/mol. The van der Waals surface area contributed by atoms with Crippen LogP contribution in [0.15, 0.2) is 103 Å². The molecule has 2 amide bonds. The molecule has 3 heterocycles. The van der Waals surface area contributed by atoms with Crippen LogP contribution in [-0.2, 0) is 21.6 Å². The standard InChI is InChI=1S/C31H23N2O3/c34-29-25-26-24-12-6-7-17-32(24)28-22-10-4-5-11-23(22)31(26,28)27(25)30(35)33(29)20-13-15-21(16-14-20)36-18-19-8-2-1-3-9-19/h1-17,25-28H,18H2/q+1. The number of hydrogen-bond donors (Lipinski definition) is 0. The van der Waals surface area contributed by atoms with Crippen molar-refractivity contribution in [1.82, 2.24) is 0 Å². The molecule has 1 saturated heterocycles. The van der Waals surface area contributed by atoms with Crippen LogP contribution in [0.1, 0.15) is 34.3 Å². The van der Waals surface area contributed by atoms with Gasteiger partial charge in [0.15, 0.2) is 17.9 Å². The summed E-state index contributed by atoms with van der Waals surface area (Å²) >= 11 is 0. The van der Waals surface area contributed by atoms with Gasteiger partial charge in [0.05, 0.1) is 28.9 Å². The molecule has 2 fully saturated rings. The quantitative estimate of drug-likeness (QED) is 0.329. The summed E-state index contributed by atoms with van der Waals surface area (Å²) < 4.78 is 8.21. The van der Waals surface area contributed by atoms with E-state index in [2.05, 4.69) is 41.1 Å². The van der Waals surface area contributed by atoms with Gasteiger partial charge in [-0.05, 0) is 35.4 Å². The van der Waals surface area contributed by atoms with Gasteiger partial charge in [0, 0.05) is 17.7 Å². The summed E-state index contributed by atoms with van der Waals surface area (Å²) in [5.74, 6) is -0.0783. The van der Waals surface area contributed by atoms with E-state index < -0.39 is 0 Å². The normalized spacial score (nSPS) is 28.3. The number of carbonyl (C=O) groups excluding carboxylic acids is 2. The zero-order valence-electron chi connectivity index (χ0n) is 19.5. The number of hydrogen-bond acceptors (Lipinski definition) is 3. The molecule has 0 bridgehead atoms. The third-order valence-corrected chi connectivity index (χ3v) is 8.78. The summed E-state index contributed by atoms with van der Waals surface area (Å²) in [6, 6.07) is 32.0. The minimum absolute atomic E-state index is 0.0264. The van der Waals surface area contributed by atoms with E-state index in [1.807, 2.05) is 66.7 Å². The highest BCUT2D eigenvalue weighted by atomic mass is 16.5. The Hall–Kier alpha value is -4.25. The number of anilines is 1. The first-order valence-corrected chi connectivity index (χ1v) is 12.5. The largest absolute Gasteiger partial charge is 0.489 e. The first-order valence-electron chi connectivity index (χ1n) is 12.5. The number of benzene rings is 3. The summed E-state index contributed by atoms with van der Waals surface area (Å²) in [6.07, 6.45) is 2.10. The molecular formula is C31H23N2O3+. The molecular weight excluding hydrogens is 448 g/mol. The van der Waals surface area contributed by atoms with E-state index in [9.17, 15) is 9.59 Å². The van der Waals surface area contributed by atoms with Crippen LogP contribution in [0, 0.1) is 11.8 Å². The van der Waals surface area contributed by atoms with Crippen molar-refractivity contribution < 1.29 is 18.9 Å². The van der Waals surface area contributed by atoms with Crippen LogP contribution in [0.4, 0.5) is 5.69 Å². The predicted molar refractivity (Wildman–Crippen MR) is 132 cm³/mol. The van der Waals surface area contributed by atoms with Gasteiger partial charge in [-0.2, -0.15) is 4.57 Å². The fourth-order valence-corrected chi connectivity index (χ4v) is 7.50. The Morgan fingerprint density at radius 3 is 2.36 bits per heavy atom. The lowest BCUT2D eigenvalue weighted by atomic mass is 9.38. The number of nitrogens with zero attached hydrogens (tertiary/aromatic N) is 2. The molecule has 1 aromatic heterocycles. The monoisotopic (exact) mass is 471 g/mol. The van der Waals surface area contributed by atoms with E-state index in [-0.39, 0.29) is 41.0 Å². The third-order valence-electron chi connectivity index (χ3n) is 8.78. The van der Waals surface area contributed by atoms with Crippen LogP contribution in [0.5, 0.6) is 5.75 Å². The molecule has 4 aromatic rings. The van der Waals surface area contributed by atoms with E-state index in [0.717, 1.165) is 11.3 Å². The van der Waals surface area contributed by atoms with Crippen molar-refractivity contribution in [2.45, 2.75) is 24.0 Å². The molecule has 5 nitrogen and oxygen atoms in total. The number of rotatable bonds is 4. The Balaban J connectivity index is 1.13. The molecule has 0 radical (unpaired) electrons. The van der Waals surface area contributed by atoms with Crippen molar-refractivity contribution in [2.75, 3.05) is 4.90 Å². The van der Waals surface area contributed by atoms with Crippen LogP contribution in [0.2, 0.25) is 0 Å². The van der Waals surface area contributed by atoms with Gasteiger partial charge < -0.3 is 4.74 Å². The number of amides is 2. The van der Waals surface area contributed by atoms with Crippen LogP contribution < -0.4 is 14.2 Å².